The fraction of sp³-hybridized carbons (Fsp3) is 0.188. The van der Waals surface area contributed by atoms with Crippen molar-refractivity contribution in [2.45, 2.75) is 13.8 Å². The molecule has 0 spiro atoms. The van der Waals surface area contributed by atoms with Crippen LogP contribution in [0.25, 0.3) is 10.6 Å². The lowest BCUT2D eigenvalue weighted by Gasteiger charge is -2.05. The van der Waals surface area contributed by atoms with Gasteiger partial charge in [-0.25, -0.2) is 15.0 Å². The summed E-state index contributed by atoms with van der Waals surface area (Å²) >= 11 is 1.61. The van der Waals surface area contributed by atoms with Crippen LogP contribution in [0.15, 0.2) is 42.6 Å². The number of rotatable bonds is 5. The van der Waals surface area contributed by atoms with Crippen molar-refractivity contribution in [1.82, 2.24) is 15.0 Å². The maximum Gasteiger partial charge on any atom is 0.227 e. The normalized spacial score (nSPS) is 10.5. The molecular formula is C16H17N5S. The molecule has 5 nitrogen and oxygen atoms in total. The van der Waals surface area contributed by atoms with Gasteiger partial charge in [0.05, 0.1) is 16.3 Å². The first-order valence-electron chi connectivity index (χ1n) is 7.13. The zero-order chi connectivity index (χ0) is 15.4. The fourth-order valence-corrected chi connectivity index (χ4v) is 3.06. The van der Waals surface area contributed by atoms with Crippen LogP contribution in [0, 0.1) is 6.92 Å². The van der Waals surface area contributed by atoms with Crippen molar-refractivity contribution in [1.29, 1.82) is 0 Å². The van der Waals surface area contributed by atoms with Crippen molar-refractivity contribution in [2.75, 3.05) is 17.2 Å². The number of aryl methyl sites for hydroxylation is 1. The molecular weight excluding hydrogens is 294 g/mol. The Hall–Kier alpha value is -2.47. The van der Waals surface area contributed by atoms with Gasteiger partial charge in [-0.1, -0.05) is 29.5 Å². The first-order chi connectivity index (χ1) is 10.8. The Morgan fingerprint density at radius 3 is 2.68 bits per heavy atom. The van der Waals surface area contributed by atoms with E-state index >= 15 is 0 Å². The van der Waals surface area contributed by atoms with E-state index in [1.54, 1.807) is 17.5 Å². The molecule has 0 atom stereocenters. The van der Waals surface area contributed by atoms with Crippen LogP contribution in [0.2, 0.25) is 0 Å². The molecule has 0 amide bonds. The van der Waals surface area contributed by atoms with Crippen molar-refractivity contribution >= 4 is 28.1 Å². The first-order valence-corrected chi connectivity index (χ1v) is 7.94. The maximum atomic E-state index is 4.59. The second kappa shape index (κ2) is 6.53. The van der Waals surface area contributed by atoms with Crippen molar-refractivity contribution in [3.05, 3.63) is 48.3 Å². The minimum absolute atomic E-state index is 0.585. The van der Waals surface area contributed by atoms with E-state index in [-0.39, 0.29) is 0 Å². The lowest BCUT2D eigenvalue weighted by Crippen LogP contribution is -1.97. The van der Waals surface area contributed by atoms with Gasteiger partial charge < -0.3 is 10.6 Å². The molecule has 2 aromatic heterocycles. The highest BCUT2D eigenvalue weighted by atomic mass is 32.1. The van der Waals surface area contributed by atoms with Crippen LogP contribution >= 0.6 is 11.3 Å². The molecule has 1 aromatic carbocycles. The van der Waals surface area contributed by atoms with Gasteiger partial charge in [0, 0.05) is 18.4 Å². The monoisotopic (exact) mass is 311 g/mol. The first kappa shape index (κ1) is 14.5. The van der Waals surface area contributed by atoms with E-state index in [9.17, 15) is 0 Å². The average molecular weight is 311 g/mol. The number of nitrogens with one attached hydrogen (secondary N) is 2. The molecule has 0 radical (unpaired) electrons. The van der Waals surface area contributed by atoms with Crippen molar-refractivity contribution < 1.29 is 0 Å². The number of aromatic nitrogens is 3. The number of para-hydroxylation sites is 1. The zero-order valence-corrected chi connectivity index (χ0v) is 13.3. The lowest BCUT2D eigenvalue weighted by atomic mass is 10.3. The van der Waals surface area contributed by atoms with E-state index in [2.05, 4.69) is 32.5 Å². The number of anilines is 3. The van der Waals surface area contributed by atoms with Gasteiger partial charge in [-0.05, 0) is 32.0 Å². The fourth-order valence-electron chi connectivity index (χ4n) is 2.06. The highest BCUT2D eigenvalue weighted by Gasteiger charge is 2.11. The third kappa shape index (κ3) is 3.23. The van der Waals surface area contributed by atoms with E-state index in [1.807, 2.05) is 43.3 Å². The zero-order valence-electron chi connectivity index (χ0n) is 12.5. The number of hydrogen-bond donors (Lipinski definition) is 2. The molecule has 2 N–H and O–H groups in total. The summed E-state index contributed by atoms with van der Waals surface area (Å²) < 4.78 is 0. The molecule has 0 aliphatic heterocycles. The summed E-state index contributed by atoms with van der Waals surface area (Å²) in [6.07, 6.45) is 1.76. The van der Waals surface area contributed by atoms with Gasteiger partial charge in [0.25, 0.3) is 0 Å². The highest BCUT2D eigenvalue weighted by molar-refractivity contribution is 7.19. The Morgan fingerprint density at radius 1 is 1.09 bits per heavy atom. The minimum Gasteiger partial charge on any atom is -0.362 e. The van der Waals surface area contributed by atoms with Gasteiger partial charge in [-0.15, -0.1) is 0 Å². The van der Waals surface area contributed by atoms with Gasteiger partial charge in [0.1, 0.15) is 0 Å². The molecule has 2 heterocycles. The number of benzene rings is 1. The van der Waals surface area contributed by atoms with E-state index < -0.39 is 0 Å². The number of hydrogen-bond acceptors (Lipinski definition) is 6. The Balaban J connectivity index is 1.88. The smallest absolute Gasteiger partial charge is 0.227 e. The third-order valence-corrected chi connectivity index (χ3v) is 4.18. The molecule has 0 fully saturated rings. The van der Waals surface area contributed by atoms with Crippen molar-refractivity contribution in [3.63, 3.8) is 0 Å². The minimum atomic E-state index is 0.585. The van der Waals surface area contributed by atoms with Crippen LogP contribution in [0.1, 0.15) is 12.6 Å². The standard InChI is InChI=1S/C16H17N5S/c1-3-17-16-19-11(2)14(22-16)13-9-10-18-15(21-13)20-12-7-5-4-6-8-12/h4-10H,3H2,1-2H3,(H,17,19)(H,18,20,21). The van der Waals surface area contributed by atoms with Crippen molar-refractivity contribution in [3.8, 4) is 10.6 Å². The summed E-state index contributed by atoms with van der Waals surface area (Å²) in [4.78, 5) is 14.5. The molecule has 0 aliphatic carbocycles. The predicted octanol–water partition coefficient (Wildman–Crippen LogP) is 4.08. The largest absolute Gasteiger partial charge is 0.362 e. The lowest BCUT2D eigenvalue weighted by molar-refractivity contribution is 1.15. The Labute approximate surface area is 133 Å². The molecule has 3 aromatic rings. The SMILES string of the molecule is CCNc1nc(C)c(-c2ccnc(Nc3ccccc3)n2)s1. The number of thiazole rings is 1. The van der Waals surface area contributed by atoms with Gasteiger partial charge in [-0.3, -0.25) is 0 Å². The van der Waals surface area contributed by atoms with Crippen LogP contribution in [-0.4, -0.2) is 21.5 Å². The summed E-state index contributed by atoms with van der Waals surface area (Å²) in [6.45, 7) is 4.92. The topological polar surface area (TPSA) is 62.7 Å². The summed E-state index contributed by atoms with van der Waals surface area (Å²) in [6, 6.07) is 11.8. The molecule has 6 heteroatoms. The van der Waals surface area contributed by atoms with Crippen LogP contribution in [0.3, 0.4) is 0 Å². The van der Waals surface area contributed by atoms with E-state index in [1.165, 1.54) is 0 Å². The van der Waals surface area contributed by atoms with E-state index in [0.717, 1.165) is 33.6 Å². The summed E-state index contributed by atoms with van der Waals surface area (Å²) in [5, 5.41) is 7.38. The summed E-state index contributed by atoms with van der Waals surface area (Å²) in [5.41, 5.74) is 2.83. The Kier molecular flexibility index (Phi) is 4.29. The average Bonchev–Trinajstić information content (AvgIpc) is 2.90. The van der Waals surface area contributed by atoms with E-state index in [4.69, 9.17) is 0 Å². The van der Waals surface area contributed by atoms with Gasteiger partial charge >= 0.3 is 0 Å². The second-order valence-electron chi connectivity index (χ2n) is 4.72. The molecule has 0 saturated heterocycles. The van der Waals surface area contributed by atoms with Gasteiger partial charge in [0.15, 0.2) is 5.13 Å². The van der Waals surface area contributed by atoms with Crippen LogP contribution in [-0.2, 0) is 0 Å². The number of nitrogens with zero attached hydrogens (tertiary/aromatic N) is 3. The van der Waals surface area contributed by atoms with E-state index in [0.29, 0.717) is 5.95 Å². The maximum absolute atomic E-state index is 4.59. The van der Waals surface area contributed by atoms with Gasteiger partial charge in [0.2, 0.25) is 5.95 Å². The quantitative estimate of drug-likeness (QED) is 0.743. The van der Waals surface area contributed by atoms with Gasteiger partial charge in [-0.2, -0.15) is 0 Å². The predicted molar refractivity (Wildman–Crippen MR) is 91.8 cm³/mol. The van der Waals surface area contributed by atoms with Crippen LogP contribution < -0.4 is 10.6 Å². The Bertz CT molecular complexity index is 754. The van der Waals surface area contributed by atoms with Crippen molar-refractivity contribution in [2.24, 2.45) is 0 Å². The second-order valence-corrected chi connectivity index (χ2v) is 5.72. The summed E-state index contributed by atoms with van der Waals surface area (Å²) in [5.74, 6) is 0.585. The molecule has 22 heavy (non-hydrogen) atoms. The molecule has 0 saturated carbocycles. The third-order valence-electron chi connectivity index (χ3n) is 3.04. The highest BCUT2D eigenvalue weighted by Crippen LogP contribution is 2.31. The molecule has 0 unspecified atom stereocenters. The van der Waals surface area contributed by atoms with Crippen LogP contribution in [0.4, 0.5) is 16.8 Å². The summed E-state index contributed by atoms with van der Waals surface area (Å²) in [7, 11) is 0. The Morgan fingerprint density at radius 2 is 1.91 bits per heavy atom. The molecule has 112 valence electrons. The van der Waals surface area contributed by atoms with Crippen LogP contribution in [0.5, 0.6) is 0 Å². The molecule has 3 rings (SSSR count). The molecule has 0 bridgehead atoms. The molecule has 0 aliphatic rings.